The summed E-state index contributed by atoms with van der Waals surface area (Å²) in [6, 6.07) is 15.1. The van der Waals surface area contributed by atoms with Crippen molar-refractivity contribution in [1.29, 1.82) is 0 Å². The van der Waals surface area contributed by atoms with E-state index in [1.54, 1.807) is 29.5 Å². The molecular formula is C19H18N6O2S. The molecule has 0 atom stereocenters. The van der Waals surface area contributed by atoms with E-state index in [9.17, 15) is 4.79 Å². The summed E-state index contributed by atoms with van der Waals surface area (Å²) in [5.74, 6) is 1.96. The van der Waals surface area contributed by atoms with Crippen molar-refractivity contribution >= 4 is 22.7 Å². The van der Waals surface area contributed by atoms with Crippen LogP contribution in [0.25, 0.3) is 10.9 Å². The van der Waals surface area contributed by atoms with Crippen LogP contribution in [0.15, 0.2) is 58.5 Å². The maximum atomic E-state index is 12.5. The van der Waals surface area contributed by atoms with Crippen molar-refractivity contribution in [3.63, 3.8) is 0 Å². The normalized spacial score (nSPS) is 11.1. The number of para-hydroxylation sites is 1. The summed E-state index contributed by atoms with van der Waals surface area (Å²) in [6.07, 6.45) is 0. The molecule has 0 spiro atoms. The second kappa shape index (κ2) is 7.81. The Kier molecular flexibility index (Phi) is 5.07. The maximum Gasteiger partial charge on any atom is 0.261 e. The van der Waals surface area contributed by atoms with Crippen molar-refractivity contribution in [1.82, 2.24) is 29.8 Å². The van der Waals surface area contributed by atoms with Crippen LogP contribution in [0.1, 0.15) is 11.4 Å². The van der Waals surface area contributed by atoms with Gasteiger partial charge in [0, 0.05) is 7.05 Å². The quantitative estimate of drug-likeness (QED) is 0.464. The summed E-state index contributed by atoms with van der Waals surface area (Å²) in [5.41, 5.74) is 1.70. The molecule has 2 heterocycles. The second-order valence-electron chi connectivity index (χ2n) is 6.17. The lowest BCUT2D eigenvalue weighted by Gasteiger charge is -2.09. The Morgan fingerprint density at radius 2 is 1.89 bits per heavy atom. The highest BCUT2D eigenvalue weighted by Gasteiger charge is 2.12. The van der Waals surface area contributed by atoms with E-state index in [0.717, 1.165) is 11.3 Å². The number of thioether (sulfide) groups is 1. The third kappa shape index (κ3) is 3.61. The average molecular weight is 394 g/mol. The SMILES string of the molecule is COc1ccc(Cn2nnnc2SCc2nc3ccccc3c(=O)n2C)cc1. The molecule has 0 aliphatic rings. The molecule has 0 aliphatic heterocycles. The molecule has 9 heteroatoms. The number of methoxy groups -OCH3 is 1. The van der Waals surface area contributed by atoms with E-state index in [-0.39, 0.29) is 5.56 Å². The van der Waals surface area contributed by atoms with Gasteiger partial charge in [-0.2, -0.15) is 0 Å². The first kappa shape index (κ1) is 18.2. The van der Waals surface area contributed by atoms with Crippen LogP contribution in [-0.4, -0.2) is 36.9 Å². The van der Waals surface area contributed by atoms with E-state index in [0.29, 0.717) is 34.2 Å². The Bertz CT molecular complexity index is 1170. The fourth-order valence-corrected chi connectivity index (χ4v) is 3.69. The highest BCUT2D eigenvalue weighted by Crippen LogP contribution is 2.21. The third-order valence-corrected chi connectivity index (χ3v) is 5.35. The predicted octanol–water partition coefficient (Wildman–Crippen LogP) is 2.27. The summed E-state index contributed by atoms with van der Waals surface area (Å²) >= 11 is 1.45. The molecule has 0 N–H and O–H groups in total. The summed E-state index contributed by atoms with van der Waals surface area (Å²) < 4.78 is 8.49. The minimum absolute atomic E-state index is 0.0565. The third-order valence-electron chi connectivity index (χ3n) is 4.40. The van der Waals surface area contributed by atoms with Crippen LogP contribution in [0.3, 0.4) is 0 Å². The molecule has 0 radical (unpaired) electrons. The lowest BCUT2D eigenvalue weighted by atomic mass is 10.2. The molecule has 4 aromatic rings. The number of hydrogen-bond donors (Lipinski definition) is 0. The summed E-state index contributed by atoms with van der Waals surface area (Å²) in [4.78, 5) is 17.1. The van der Waals surface area contributed by atoms with Crippen LogP contribution in [0.4, 0.5) is 0 Å². The Labute approximate surface area is 165 Å². The van der Waals surface area contributed by atoms with Crippen LogP contribution >= 0.6 is 11.8 Å². The van der Waals surface area contributed by atoms with Crippen molar-refractivity contribution in [2.24, 2.45) is 7.05 Å². The summed E-state index contributed by atoms with van der Waals surface area (Å²) in [7, 11) is 3.37. The molecular weight excluding hydrogens is 376 g/mol. The molecule has 0 saturated carbocycles. The van der Waals surface area contributed by atoms with Crippen LogP contribution in [0, 0.1) is 0 Å². The number of aromatic nitrogens is 6. The zero-order valence-corrected chi connectivity index (χ0v) is 16.3. The molecule has 142 valence electrons. The smallest absolute Gasteiger partial charge is 0.261 e. The molecule has 0 bridgehead atoms. The average Bonchev–Trinajstić information content (AvgIpc) is 3.17. The van der Waals surface area contributed by atoms with Gasteiger partial charge in [0.15, 0.2) is 0 Å². The standard InChI is InChI=1S/C19H18N6O2S/c1-24-17(20-16-6-4-3-5-15(16)18(24)26)12-28-19-21-22-23-25(19)11-13-7-9-14(27-2)10-8-13/h3-10H,11-12H2,1-2H3. The molecule has 2 aromatic carbocycles. The Hall–Kier alpha value is -3.20. The van der Waals surface area contributed by atoms with Crippen molar-refractivity contribution < 1.29 is 4.74 Å². The van der Waals surface area contributed by atoms with Gasteiger partial charge in [-0.3, -0.25) is 9.36 Å². The first-order valence-electron chi connectivity index (χ1n) is 8.62. The van der Waals surface area contributed by atoms with Crippen LogP contribution in [0.2, 0.25) is 0 Å². The largest absolute Gasteiger partial charge is 0.497 e. The van der Waals surface area contributed by atoms with Gasteiger partial charge in [-0.05, 0) is 40.3 Å². The highest BCUT2D eigenvalue weighted by atomic mass is 32.2. The zero-order valence-electron chi connectivity index (χ0n) is 15.4. The Balaban J connectivity index is 1.53. The van der Waals surface area contributed by atoms with Crippen LogP contribution < -0.4 is 10.3 Å². The summed E-state index contributed by atoms with van der Waals surface area (Å²) in [6.45, 7) is 0.545. The van der Waals surface area contributed by atoms with Gasteiger partial charge in [-0.15, -0.1) is 5.10 Å². The topological polar surface area (TPSA) is 87.7 Å². The van der Waals surface area contributed by atoms with E-state index in [2.05, 4.69) is 20.5 Å². The van der Waals surface area contributed by atoms with Crippen molar-refractivity contribution in [2.45, 2.75) is 17.5 Å². The first-order chi connectivity index (χ1) is 13.7. The van der Waals surface area contributed by atoms with Gasteiger partial charge < -0.3 is 4.74 Å². The first-order valence-corrected chi connectivity index (χ1v) is 9.61. The summed E-state index contributed by atoms with van der Waals surface area (Å²) in [5, 5.41) is 13.2. The van der Waals surface area contributed by atoms with Gasteiger partial charge in [0.05, 0.1) is 30.3 Å². The van der Waals surface area contributed by atoms with Gasteiger partial charge in [0.1, 0.15) is 11.6 Å². The maximum absolute atomic E-state index is 12.5. The number of rotatable bonds is 6. The fourth-order valence-electron chi connectivity index (χ4n) is 2.83. The molecule has 0 fully saturated rings. The number of ether oxygens (including phenoxy) is 1. The Morgan fingerprint density at radius 3 is 2.68 bits per heavy atom. The van der Waals surface area contributed by atoms with E-state index in [1.807, 2.05) is 42.5 Å². The highest BCUT2D eigenvalue weighted by molar-refractivity contribution is 7.98. The molecule has 0 amide bonds. The van der Waals surface area contributed by atoms with E-state index in [4.69, 9.17) is 4.74 Å². The fraction of sp³-hybridized carbons (Fsp3) is 0.211. The van der Waals surface area contributed by atoms with E-state index < -0.39 is 0 Å². The molecule has 4 rings (SSSR count). The number of hydrogen-bond acceptors (Lipinski definition) is 7. The van der Waals surface area contributed by atoms with Gasteiger partial charge in [0.25, 0.3) is 5.56 Å². The minimum Gasteiger partial charge on any atom is -0.497 e. The lowest BCUT2D eigenvalue weighted by Crippen LogP contribution is -2.22. The number of nitrogens with zero attached hydrogens (tertiary/aromatic N) is 6. The number of benzene rings is 2. The molecule has 8 nitrogen and oxygen atoms in total. The molecule has 2 aromatic heterocycles. The van der Waals surface area contributed by atoms with E-state index in [1.165, 1.54) is 11.8 Å². The van der Waals surface area contributed by atoms with Crippen LogP contribution in [0.5, 0.6) is 5.75 Å². The molecule has 0 aliphatic carbocycles. The minimum atomic E-state index is -0.0565. The van der Waals surface area contributed by atoms with Gasteiger partial charge in [0.2, 0.25) is 5.16 Å². The van der Waals surface area contributed by atoms with Crippen molar-refractivity contribution in [2.75, 3.05) is 7.11 Å². The van der Waals surface area contributed by atoms with Gasteiger partial charge in [-0.25, -0.2) is 9.67 Å². The van der Waals surface area contributed by atoms with Crippen molar-refractivity contribution in [3.05, 3.63) is 70.3 Å². The second-order valence-corrected chi connectivity index (χ2v) is 7.11. The van der Waals surface area contributed by atoms with Gasteiger partial charge in [-0.1, -0.05) is 36.0 Å². The molecule has 0 unspecified atom stereocenters. The van der Waals surface area contributed by atoms with E-state index >= 15 is 0 Å². The number of fused-ring (bicyclic) bond motifs is 1. The lowest BCUT2D eigenvalue weighted by molar-refractivity contribution is 0.414. The van der Waals surface area contributed by atoms with Crippen molar-refractivity contribution in [3.8, 4) is 5.75 Å². The predicted molar refractivity (Wildman–Crippen MR) is 106 cm³/mol. The Morgan fingerprint density at radius 1 is 1.11 bits per heavy atom. The molecule has 0 saturated heterocycles. The number of tetrazole rings is 1. The monoisotopic (exact) mass is 394 g/mol. The molecule has 28 heavy (non-hydrogen) atoms. The zero-order chi connectivity index (χ0) is 19.5. The van der Waals surface area contributed by atoms with Crippen LogP contribution in [-0.2, 0) is 19.3 Å². The van der Waals surface area contributed by atoms with Gasteiger partial charge >= 0.3 is 0 Å².